The number of benzene rings is 1. The van der Waals surface area contributed by atoms with Crippen LogP contribution in [0.1, 0.15) is 43.4 Å². The Morgan fingerprint density at radius 1 is 1.26 bits per heavy atom. The molecular formula is C16H24O3. The summed E-state index contributed by atoms with van der Waals surface area (Å²) in [5, 5.41) is 9.09. The van der Waals surface area contributed by atoms with Crippen molar-refractivity contribution in [2.24, 2.45) is 5.41 Å². The summed E-state index contributed by atoms with van der Waals surface area (Å²) in [5.41, 5.74) is 2.96. The summed E-state index contributed by atoms with van der Waals surface area (Å²) in [7, 11) is 1.68. The van der Waals surface area contributed by atoms with Crippen LogP contribution >= 0.6 is 0 Å². The lowest BCUT2D eigenvalue weighted by molar-refractivity contribution is -0.147. The SMILES string of the molecule is COc1cc(C)c(CCCC(C)(C)C(=O)O)cc1C. The first-order valence-corrected chi connectivity index (χ1v) is 6.65. The predicted octanol–water partition coefficient (Wildman–Crippen LogP) is 3.75. The first-order chi connectivity index (χ1) is 8.77. The van der Waals surface area contributed by atoms with Crippen molar-refractivity contribution >= 4 is 5.97 Å². The van der Waals surface area contributed by atoms with Crippen LogP contribution < -0.4 is 4.74 Å². The molecule has 0 aliphatic rings. The lowest BCUT2D eigenvalue weighted by Gasteiger charge is -2.19. The molecule has 1 aromatic rings. The molecule has 0 fully saturated rings. The van der Waals surface area contributed by atoms with E-state index in [1.54, 1.807) is 21.0 Å². The zero-order chi connectivity index (χ0) is 14.6. The van der Waals surface area contributed by atoms with Gasteiger partial charge in [0.05, 0.1) is 12.5 Å². The molecule has 0 heterocycles. The van der Waals surface area contributed by atoms with E-state index in [1.807, 2.05) is 13.0 Å². The van der Waals surface area contributed by atoms with E-state index in [0.29, 0.717) is 6.42 Å². The van der Waals surface area contributed by atoms with Crippen LogP contribution in [0.3, 0.4) is 0 Å². The van der Waals surface area contributed by atoms with E-state index < -0.39 is 11.4 Å². The van der Waals surface area contributed by atoms with Crippen molar-refractivity contribution in [3.63, 3.8) is 0 Å². The number of carbonyl (C=O) groups is 1. The largest absolute Gasteiger partial charge is 0.496 e. The Morgan fingerprint density at radius 2 is 1.89 bits per heavy atom. The van der Waals surface area contributed by atoms with Gasteiger partial charge in [0, 0.05) is 0 Å². The second-order valence-corrected chi connectivity index (χ2v) is 5.79. The van der Waals surface area contributed by atoms with E-state index in [4.69, 9.17) is 9.84 Å². The van der Waals surface area contributed by atoms with Crippen LogP contribution in [0.25, 0.3) is 0 Å². The smallest absolute Gasteiger partial charge is 0.309 e. The standard InChI is InChI=1S/C16H24O3/c1-11-10-14(19-5)12(2)9-13(11)7-6-8-16(3,4)15(17)18/h9-10H,6-8H2,1-5H3,(H,17,18). The molecule has 0 amide bonds. The Balaban J connectivity index is 2.69. The minimum absolute atomic E-state index is 0.643. The number of aliphatic carboxylic acids is 1. The van der Waals surface area contributed by atoms with Crippen LogP contribution in [-0.4, -0.2) is 18.2 Å². The predicted molar refractivity (Wildman–Crippen MR) is 76.8 cm³/mol. The topological polar surface area (TPSA) is 46.5 Å². The molecule has 0 atom stereocenters. The molecule has 1 N–H and O–H groups in total. The maximum atomic E-state index is 11.1. The average molecular weight is 264 g/mol. The fourth-order valence-corrected chi connectivity index (χ4v) is 2.17. The summed E-state index contributed by atoms with van der Waals surface area (Å²) in [5.74, 6) is 0.183. The molecule has 0 aliphatic heterocycles. The highest BCUT2D eigenvalue weighted by molar-refractivity contribution is 5.73. The van der Waals surface area contributed by atoms with Gasteiger partial charge in [0.15, 0.2) is 0 Å². The van der Waals surface area contributed by atoms with Crippen LogP contribution in [-0.2, 0) is 11.2 Å². The second kappa shape index (κ2) is 6.09. The second-order valence-electron chi connectivity index (χ2n) is 5.79. The fourth-order valence-electron chi connectivity index (χ4n) is 2.17. The van der Waals surface area contributed by atoms with Crippen LogP contribution in [0, 0.1) is 19.3 Å². The van der Waals surface area contributed by atoms with Gasteiger partial charge in [-0.1, -0.05) is 6.07 Å². The minimum Gasteiger partial charge on any atom is -0.496 e. The summed E-state index contributed by atoms with van der Waals surface area (Å²) >= 11 is 0. The van der Waals surface area contributed by atoms with Crippen molar-refractivity contribution in [2.75, 3.05) is 7.11 Å². The van der Waals surface area contributed by atoms with Gasteiger partial charge in [0.25, 0.3) is 0 Å². The van der Waals surface area contributed by atoms with Gasteiger partial charge >= 0.3 is 5.97 Å². The van der Waals surface area contributed by atoms with Crippen molar-refractivity contribution in [3.8, 4) is 5.75 Å². The number of rotatable bonds is 6. The summed E-state index contributed by atoms with van der Waals surface area (Å²) in [6.45, 7) is 7.66. The molecule has 0 bridgehead atoms. The van der Waals surface area contributed by atoms with Crippen LogP contribution in [0.4, 0.5) is 0 Å². The van der Waals surface area contributed by atoms with Crippen LogP contribution in [0.5, 0.6) is 5.75 Å². The quantitative estimate of drug-likeness (QED) is 0.851. The zero-order valence-corrected chi connectivity index (χ0v) is 12.5. The van der Waals surface area contributed by atoms with Crippen LogP contribution in [0.15, 0.2) is 12.1 Å². The van der Waals surface area contributed by atoms with Gasteiger partial charge in [0.1, 0.15) is 5.75 Å². The van der Waals surface area contributed by atoms with Gasteiger partial charge in [0.2, 0.25) is 0 Å². The Labute approximate surface area is 115 Å². The molecule has 0 aliphatic carbocycles. The molecule has 0 radical (unpaired) electrons. The highest BCUT2D eigenvalue weighted by Crippen LogP contribution is 2.27. The van der Waals surface area contributed by atoms with Crippen molar-refractivity contribution in [1.29, 1.82) is 0 Å². The molecular weight excluding hydrogens is 240 g/mol. The first-order valence-electron chi connectivity index (χ1n) is 6.65. The Hall–Kier alpha value is -1.51. The average Bonchev–Trinajstić information content (AvgIpc) is 2.32. The summed E-state index contributed by atoms with van der Waals surface area (Å²) in [6.07, 6.45) is 2.48. The fraction of sp³-hybridized carbons (Fsp3) is 0.562. The molecule has 3 nitrogen and oxygen atoms in total. The number of carboxylic acids is 1. The maximum Gasteiger partial charge on any atom is 0.309 e. The van der Waals surface area contributed by atoms with E-state index in [-0.39, 0.29) is 0 Å². The highest BCUT2D eigenvalue weighted by Gasteiger charge is 2.26. The number of aryl methyl sites for hydroxylation is 3. The molecule has 0 spiro atoms. The zero-order valence-electron chi connectivity index (χ0n) is 12.5. The third kappa shape index (κ3) is 3.98. The van der Waals surface area contributed by atoms with Crippen LogP contribution in [0.2, 0.25) is 0 Å². The number of methoxy groups -OCH3 is 1. The summed E-state index contributed by atoms with van der Waals surface area (Å²) in [4.78, 5) is 11.1. The normalized spacial score (nSPS) is 11.4. The van der Waals surface area contributed by atoms with Gasteiger partial charge in [-0.15, -0.1) is 0 Å². The lowest BCUT2D eigenvalue weighted by Crippen LogP contribution is -2.23. The third-order valence-electron chi connectivity index (χ3n) is 3.68. The Kier molecular flexibility index (Phi) is 4.98. The summed E-state index contributed by atoms with van der Waals surface area (Å²) < 4.78 is 5.29. The molecule has 3 heteroatoms. The third-order valence-corrected chi connectivity index (χ3v) is 3.68. The van der Waals surface area contributed by atoms with E-state index in [1.165, 1.54) is 11.1 Å². The molecule has 1 rings (SSSR count). The first kappa shape index (κ1) is 15.5. The van der Waals surface area contributed by atoms with E-state index in [0.717, 1.165) is 24.2 Å². The van der Waals surface area contributed by atoms with Gasteiger partial charge in [-0.2, -0.15) is 0 Å². The van der Waals surface area contributed by atoms with E-state index in [9.17, 15) is 4.79 Å². The molecule has 0 aromatic heterocycles. The minimum atomic E-state index is -0.727. The lowest BCUT2D eigenvalue weighted by atomic mass is 9.86. The summed E-state index contributed by atoms with van der Waals surface area (Å²) in [6, 6.07) is 4.19. The maximum absolute atomic E-state index is 11.1. The molecule has 19 heavy (non-hydrogen) atoms. The van der Waals surface area contributed by atoms with E-state index >= 15 is 0 Å². The molecule has 0 saturated carbocycles. The van der Waals surface area contributed by atoms with Crippen molar-refractivity contribution < 1.29 is 14.6 Å². The number of hydrogen-bond acceptors (Lipinski definition) is 2. The van der Waals surface area contributed by atoms with Gasteiger partial charge in [-0.3, -0.25) is 4.79 Å². The molecule has 0 saturated heterocycles. The molecule has 106 valence electrons. The molecule has 1 aromatic carbocycles. The molecule has 0 unspecified atom stereocenters. The van der Waals surface area contributed by atoms with Crippen molar-refractivity contribution in [1.82, 2.24) is 0 Å². The van der Waals surface area contributed by atoms with Gasteiger partial charge in [-0.05, 0) is 69.7 Å². The number of ether oxygens (including phenoxy) is 1. The highest BCUT2D eigenvalue weighted by atomic mass is 16.5. The van der Waals surface area contributed by atoms with E-state index in [2.05, 4.69) is 13.0 Å². The van der Waals surface area contributed by atoms with Crippen molar-refractivity contribution in [2.45, 2.75) is 47.0 Å². The monoisotopic (exact) mass is 264 g/mol. The van der Waals surface area contributed by atoms with Crippen molar-refractivity contribution in [3.05, 3.63) is 28.8 Å². The number of carboxylic acid groups (broad SMARTS) is 1. The Morgan fingerprint density at radius 3 is 2.42 bits per heavy atom. The number of hydrogen-bond donors (Lipinski definition) is 1. The van der Waals surface area contributed by atoms with Gasteiger partial charge < -0.3 is 9.84 Å². The van der Waals surface area contributed by atoms with Gasteiger partial charge in [-0.25, -0.2) is 0 Å². The Bertz CT molecular complexity index is 461.